The molecule has 1 atom stereocenters. The minimum Gasteiger partial charge on any atom is -0.469 e. The second kappa shape index (κ2) is 6.05. The Bertz CT molecular complexity index is 528. The molecule has 1 aromatic rings. The van der Waals surface area contributed by atoms with Crippen molar-refractivity contribution in [2.45, 2.75) is 31.7 Å². The highest BCUT2D eigenvalue weighted by molar-refractivity contribution is 5.95. The molecule has 0 saturated carbocycles. The predicted octanol–water partition coefficient (Wildman–Crippen LogP) is 1.55. The van der Waals surface area contributed by atoms with E-state index in [9.17, 15) is 9.59 Å². The highest BCUT2D eigenvalue weighted by Gasteiger charge is 2.21. The maximum atomic E-state index is 11.6. The largest absolute Gasteiger partial charge is 0.469 e. The monoisotopic (exact) mass is 276 g/mol. The van der Waals surface area contributed by atoms with E-state index in [2.05, 4.69) is 4.74 Å². The Morgan fingerprint density at radius 1 is 1.45 bits per heavy atom. The van der Waals surface area contributed by atoms with E-state index in [1.54, 1.807) is 11.9 Å². The Labute approximate surface area is 118 Å². The lowest BCUT2D eigenvalue weighted by Gasteiger charge is -2.26. The molecule has 1 aliphatic rings. The molecule has 2 N–H and O–H groups in total. The van der Waals surface area contributed by atoms with Gasteiger partial charge in [0, 0.05) is 31.6 Å². The Hall–Kier alpha value is -1.88. The van der Waals surface area contributed by atoms with Gasteiger partial charge < -0.3 is 15.4 Å². The molecule has 0 aliphatic carbocycles. The number of carbonyl (C=O) groups excluding carboxylic acids is 2. The molecule has 0 fully saturated rings. The van der Waals surface area contributed by atoms with Gasteiger partial charge in [-0.1, -0.05) is 12.1 Å². The van der Waals surface area contributed by atoms with E-state index in [1.165, 1.54) is 7.11 Å². The summed E-state index contributed by atoms with van der Waals surface area (Å²) in [4.78, 5) is 24.5. The summed E-state index contributed by atoms with van der Waals surface area (Å²) < 4.78 is 4.61. The molecule has 1 heterocycles. The fourth-order valence-electron chi connectivity index (χ4n) is 2.45. The lowest BCUT2D eigenvalue weighted by molar-refractivity contribution is -0.140. The van der Waals surface area contributed by atoms with Crippen LogP contribution in [0.3, 0.4) is 0 Å². The van der Waals surface area contributed by atoms with Crippen LogP contribution in [0.5, 0.6) is 0 Å². The van der Waals surface area contributed by atoms with Crippen LogP contribution in [0.2, 0.25) is 0 Å². The molecule has 1 unspecified atom stereocenters. The molecular formula is C15H20N2O3. The summed E-state index contributed by atoms with van der Waals surface area (Å²) in [5, 5.41) is 0. The number of fused-ring (bicyclic) bond motifs is 1. The molecule has 2 rings (SSSR count). The summed E-state index contributed by atoms with van der Waals surface area (Å²) in [6.07, 6.45) is 2.15. The van der Waals surface area contributed by atoms with E-state index < -0.39 is 0 Å². The van der Waals surface area contributed by atoms with Gasteiger partial charge in [0.15, 0.2) is 0 Å². The summed E-state index contributed by atoms with van der Waals surface area (Å²) >= 11 is 0. The van der Waals surface area contributed by atoms with Crippen molar-refractivity contribution < 1.29 is 14.3 Å². The van der Waals surface area contributed by atoms with Crippen molar-refractivity contribution in [2.24, 2.45) is 5.73 Å². The summed E-state index contributed by atoms with van der Waals surface area (Å²) in [6, 6.07) is 5.71. The first-order chi connectivity index (χ1) is 9.52. The fraction of sp³-hybridized carbons (Fsp3) is 0.467. The molecule has 5 nitrogen and oxygen atoms in total. The average molecular weight is 276 g/mol. The smallest absolute Gasteiger partial charge is 0.305 e. The maximum Gasteiger partial charge on any atom is 0.305 e. The number of carbonyl (C=O) groups is 2. The van der Waals surface area contributed by atoms with Gasteiger partial charge in [-0.2, -0.15) is 0 Å². The van der Waals surface area contributed by atoms with Crippen LogP contribution < -0.4 is 10.6 Å². The van der Waals surface area contributed by atoms with Gasteiger partial charge in [0.25, 0.3) is 0 Å². The molecule has 1 aromatic carbocycles. The number of ether oxygens (including phenoxy) is 1. The van der Waals surface area contributed by atoms with Gasteiger partial charge in [-0.15, -0.1) is 0 Å². The molecule has 108 valence electrons. The van der Waals surface area contributed by atoms with Gasteiger partial charge in [-0.05, 0) is 30.0 Å². The standard InChI is InChI=1S/C15H20N2O3/c1-17-13-6-3-10(9-11(13)4-7-14(17)18)12(16)5-8-15(19)20-2/h3,6,9,12H,4-5,7-8,16H2,1-2H3. The number of hydrogen-bond donors (Lipinski definition) is 1. The van der Waals surface area contributed by atoms with Crippen LogP contribution in [0.4, 0.5) is 5.69 Å². The number of amides is 1. The van der Waals surface area contributed by atoms with E-state index in [4.69, 9.17) is 5.73 Å². The van der Waals surface area contributed by atoms with Gasteiger partial charge in [0.1, 0.15) is 0 Å². The molecule has 20 heavy (non-hydrogen) atoms. The lowest BCUT2D eigenvalue weighted by Crippen LogP contribution is -2.31. The van der Waals surface area contributed by atoms with Gasteiger partial charge in [-0.3, -0.25) is 9.59 Å². The zero-order chi connectivity index (χ0) is 14.7. The second-order valence-corrected chi connectivity index (χ2v) is 5.06. The van der Waals surface area contributed by atoms with Gasteiger partial charge in [0.05, 0.1) is 7.11 Å². The van der Waals surface area contributed by atoms with E-state index in [1.807, 2.05) is 18.2 Å². The molecule has 0 bridgehead atoms. The first kappa shape index (κ1) is 14.5. The van der Waals surface area contributed by atoms with Gasteiger partial charge >= 0.3 is 5.97 Å². The Kier molecular flexibility index (Phi) is 4.39. The van der Waals surface area contributed by atoms with Crippen LogP contribution in [0.25, 0.3) is 0 Å². The Morgan fingerprint density at radius 2 is 2.20 bits per heavy atom. The first-order valence-corrected chi connectivity index (χ1v) is 6.74. The van der Waals surface area contributed by atoms with Gasteiger partial charge in [0.2, 0.25) is 5.91 Å². The minimum absolute atomic E-state index is 0.139. The topological polar surface area (TPSA) is 72.6 Å². The number of methoxy groups -OCH3 is 1. The van der Waals surface area contributed by atoms with E-state index in [0.717, 1.165) is 23.2 Å². The van der Waals surface area contributed by atoms with Crippen LogP contribution in [-0.4, -0.2) is 26.0 Å². The van der Waals surface area contributed by atoms with Crippen molar-refractivity contribution >= 4 is 17.6 Å². The average Bonchev–Trinajstić information content (AvgIpc) is 2.47. The molecule has 1 aliphatic heterocycles. The third-order valence-corrected chi connectivity index (χ3v) is 3.76. The van der Waals surface area contributed by atoms with Crippen LogP contribution in [0.1, 0.15) is 36.4 Å². The number of rotatable bonds is 4. The molecular weight excluding hydrogens is 256 g/mol. The van der Waals surface area contributed by atoms with Crippen LogP contribution >= 0.6 is 0 Å². The zero-order valence-electron chi connectivity index (χ0n) is 11.9. The fourth-order valence-corrected chi connectivity index (χ4v) is 2.45. The van der Waals surface area contributed by atoms with E-state index in [0.29, 0.717) is 19.3 Å². The Morgan fingerprint density at radius 3 is 2.90 bits per heavy atom. The van der Waals surface area contributed by atoms with Crippen molar-refractivity contribution in [1.29, 1.82) is 0 Å². The molecule has 0 saturated heterocycles. The first-order valence-electron chi connectivity index (χ1n) is 6.74. The highest BCUT2D eigenvalue weighted by atomic mass is 16.5. The van der Waals surface area contributed by atoms with Crippen LogP contribution in [0, 0.1) is 0 Å². The van der Waals surface area contributed by atoms with Crippen molar-refractivity contribution in [3.63, 3.8) is 0 Å². The predicted molar refractivity (Wildman–Crippen MR) is 76.4 cm³/mol. The van der Waals surface area contributed by atoms with Crippen molar-refractivity contribution in [2.75, 3.05) is 19.1 Å². The molecule has 0 radical (unpaired) electrons. The van der Waals surface area contributed by atoms with E-state index in [-0.39, 0.29) is 17.9 Å². The lowest BCUT2D eigenvalue weighted by atomic mass is 9.95. The van der Waals surface area contributed by atoms with Crippen LogP contribution in [-0.2, 0) is 20.7 Å². The minimum atomic E-state index is -0.247. The number of nitrogens with two attached hydrogens (primary N) is 1. The summed E-state index contributed by atoms with van der Waals surface area (Å²) in [5.41, 5.74) is 9.19. The van der Waals surface area contributed by atoms with Crippen molar-refractivity contribution in [3.05, 3.63) is 29.3 Å². The number of anilines is 1. The number of nitrogens with zero attached hydrogens (tertiary/aromatic N) is 1. The molecule has 5 heteroatoms. The van der Waals surface area contributed by atoms with Crippen molar-refractivity contribution in [3.8, 4) is 0 Å². The maximum absolute atomic E-state index is 11.6. The van der Waals surface area contributed by atoms with E-state index >= 15 is 0 Å². The van der Waals surface area contributed by atoms with Crippen LogP contribution in [0.15, 0.2) is 18.2 Å². The number of hydrogen-bond acceptors (Lipinski definition) is 4. The van der Waals surface area contributed by atoms with Crippen molar-refractivity contribution in [1.82, 2.24) is 0 Å². The second-order valence-electron chi connectivity index (χ2n) is 5.06. The number of esters is 1. The number of aryl methyl sites for hydroxylation is 1. The summed E-state index contributed by atoms with van der Waals surface area (Å²) in [6.45, 7) is 0. The highest BCUT2D eigenvalue weighted by Crippen LogP contribution is 2.29. The Balaban J connectivity index is 2.11. The quantitative estimate of drug-likeness (QED) is 0.847. The molecule has 1 amide bonds. The third kappa shape index (κ3) is 2.99. The molecule has 0 aromatic heterocycles. The normalized spacial score (nSPS) is 15.8. The zero-order valence-corrected chi connectivity index (χ0v) is 11.9. The number of benzene rings is 1. The SMILES string of the molecule is COC(=O)CCC(N)c1ccc2c(c1)CCC(=O)N2C. The molecule has 0 spiro atoms. The van der Waals surface area contributed by atoms with Gasteiger partial charge in [-0.25, -0.2) is 0 Å². The summed E-state index contributed by atoms with van der Waals surface area (Å²) in [7, 11) is 3.16. The summed E-state index contributed by atoms with van der Waals surface area (Å²) in [5.74, 6) is -0.107. The third-order valence-electron chi connectivity index (χ3n) is 3.76.